The van der Waals surface area contributed by atoms with Gasteiger partial charge in [-0.15, -0.1) is 0 Å². The predicted octanol–water partition coefficient (Wildman–Crippen LogP) is 0.455. The Balaban J connectivity index is 1.82. The van der Waals surface area contributed by atoms with Crippen LogP contribution in [0.1, 0.15) is 29.0 Å². The summed E-state index contributed by atoms with van der Waals surface area (Å²) in [7, 11) is 1.72. The molecule has 22 heavy (non-hydrogen) atoms. The number of piperidine rings is 1. The third kappa shape index (κ3) is 4.92. The maximum Gasteiger partial charge on any atom is 0.270 e. The summed E-state index contributed by atoms with van der Waals surface area (Å²) < 4.78 is 5.12. The van der Waals surface area contributed by atoms with Crippen LogP contribution in [0.2, 0.25) is 0 Å². The number of nitrogens with two attached hydrogens (primary N) is 1. The van der Waals surface area contributed by atoms with Crippen molar-refractivity contribution in [2.45, 2.75) is 19.8 Å². The van der Waals surface area contributed by atoms with Crippen LogP contribution in [-0.2, 0) is 4.74 Å². The van der Waals surface area contributed by atoms with Gasteiger partial charge in [-0.2, -0.15) is 0 Å². The summed E-state index contributed by atoms with van der Waals surface area (Å²) in [6.45, 7) is 6.25. The number of aromatic nitrogens is 2. The van der Waals surface area contributed by atoms with Crippen LogP contribution in [0, 0.1) is 12.8 Å². The maximum atomic E-state index is 12.2. The molecule has 1 aromatic heterocycles. The maximum absolute atomic E-state index is 12.2. The van der Waals surface area contributed by atoms with Crippen molar-refractivity contribution in [2.24, 2.45) is 5.92 Å². The molecule has 0 bridgehead atoms. The lowest BCUT2D eigenvalue weighted by Gasteiger charge is -2.32. The van der Waals surface area contributed by atoms with E-state index >= 15 is 0 Å². The number of carbonyl (C=O) groups excluding carboxylic acids is 1. The van der Waals surface area contributed by atoms with Crippen LogP contribution in [-0.4, -0.2) is 60.7 Å². The van der Waals surface area contributed by atoms with Gasteiger partial charge in [0.05, 0.1) is 6.61 Å². The van der Waals surface area contributed by atoms with Crippen LogP contribution in [0.4, 0.5) is 5.95 Å². The van der Waals surface area contributed by atoms with E-state index in [2.05, 4.69) is 20.2 Å². The van der Waals surface area contributed by atoms with Crippen molar-refractivity contribution >= 4 is 11.9 Å². The Labute approximate surface area is 131 Å². The van der Waals surface area contributed by atoms with E-state index in [0.29, 0.717) is 23.9 Å². The highest BCUT2D eigenvalue weighted by Crippen LogP contribution is 2.15. The third-order valence-corrected chi connectivity index (χ3v) is 3.87. The Bertz CT molecular complexity index is 488. The first-order valence-corrected chi connectivity index (χ1v) is 7.69. The summed E-state index contributed by atoms with van der Waals surface area (Å²) in [6.07, 6.45) is 2.29. The fourth-order valence-electron chi connectivity index (χ4n) is 2.78. The van der Waals surface area contributed by atoms with Gasteiger partial charge in [-0.3, -0.25) is 4.79 Å². The average Bonchev–Trinajstić information content (AvgIpc) is 2.50. The van der Waals surface area contributed by atoms with Crippen molar-refractivity contribution in [1.82, 2.24) is 20.2 Å². The number of nitrogen functional groups attached to an aromatic ring is 1. The molecular weight excluding hydrogens is 282 g/mol. The smallest absolute Gasteiger partial charge is 0.270 e. The summed E-state index contributed by atoms with van der Waals surface area (Å²) in [4.78, 5) is 22.5. The molecule has 1 saturated heterocycles. The van der Waals surface area contributed by atoms with E-state index in [1.807, 2.05) is 0 Å². The number of likely N-dealkylation sites (tertiary alicyclic amines) is 1. The third-order valence-electron chi connectivity index (χ3n) is 3.87. The molecule has 1 aliphatic heterocycles. The number of hydrogen-bond donors (Lipinski definition) is 2. The summed E-state index contributed by atoms with van der Waals surface area (Å²) in [5.41, 5.74) is 6.61. The second-order valence-corrected chi connectivity index (χ2v) is 5.76. The summed E-state index contributed by atoms with van der Waals surface area (Å²) >= 11 is 0. The number of methoxy groups -OCH3 is 1. The Kier molecular flexibility index (Phi) is 6.09. The van der Waals surface area contributed by atoms with Crippen molar-refractivity contribution in [3.05, 3.63) is 17.5 Å². The largest absolute Gasteiger partial charge is 0.383 e. The molecule has 2 rings (SSSR count). The van der Waals surface area contributed by atoms with Crippen LogP contribution >= 0.6 is 0 Å². The topological polar surface area (TPSA) is 93.4 Å². The van der Waals surface area contributed by atoms with E-state index in [4.69, 9.17) is 10.5 Å². The average molecular weight is 307 g/mol. The van der Waals surface area contributed by atoms with Crippen LogP contribution in [0.15, 0.2) is 6.07 Å². The number of amides is 1. The lowest BCUT2D eigenvalue weighted by atomic mass is 9.98. The molecule has 7 nitrogen and oxygen atoms in total. The van der Waals surface area contributed by atoms with E-state index < -0.39 is 0 Å². The van der Waals surface area contributed by atoms with Gasteiger partial charge in [-0.1, -0.05) is 0 Å². The number of anilines is 1. The highest BCUT2D eigenvalue weighted by atomic mass is 16.5. The molecule has 0 aliphatic carbocycles. The molecule has 0 aromatic carbocycles. The second-order valence-electron chi connectivity index (χ2n) is 5.76. The minimum absolute atomic E-state index is 0.133. The Hall–Kier alpha value is -1.73. The van der Waals surface area contributed by atoms with Crippen LogP contribution in [0.25, 0.3) is 0 Å². The quantitative estimate of drug-likeness (QED) is 0.793. The standard InChI is InChI=1S/C15H25N5O2/c1-11-8-13(19-15(16)18-11)14(21)17-9-12-4-3-5-20(10-12)6-7-22-2/h8,12H,3-7,9-10H2,1-2H3,(H,17,21)(H2,16,18,19)/t12-/m1/s1. The van der Waals surface area contributed by atoms with Gasteiger partial charge in [0, 0.05) is 32.4 Å². The minimum Gasteiger partial charge on any atom is -0.383 e. The number of hydrogen-bond acceptors (Lipinski definition) is 6. The molecule has 3 N–H and O–H groups in total. The Morgan fingerprint density at radius 3 is 3.09 bits per heavy atom. The first-order chi connectivity index (χ1) is 10.6. The van der Waals surface area contributed by atoms with Crippen molar-refractivity contribution in [1.29, 1.82) is 0 Å². The van der Waals surface area contributed by atoms with Crippen molar-refractivity contribution in [3.63, 3.8) is 0 Å². The summed E-state index contributed by atoms with van der Waals surface area (Å²) in [5, 5.41) is 2.96. The molecular formula is C15H25N5O2. The summed E-state index contributed by atoms with van der Waals surface area (Å²) in [6, 6.07) is 1.65. The minimum atomic E-state index is -0.189. The highest BCUT2D eigenvalue weighted by Gasteiger charge is 2.20. The second kappa shape index (κ2) is 8.05. The zero-order valence-corrected chi connectivity index (χ0v) is 13.3. The number of rotatable bonds is 6. The molecule has 0 unspecified atom stereocenters. The molecule has 1 aromatic rings. The molecule has 122 valence electrons. The Morgan fingerprint density at radius 2 is 2.36 bits per heavy atom. The monoisotopic (exact) mass is 307 g/mol. The first kappa shape index (κ1) is 16.6. The van der Waals surface area contributed by atoms with E-state index in [-0.39, 0.29) is 11.9 Å². The molecule has 0 radical (unpaired) electrons. The fraction of sp³-hybridized carbons (Fsp3) is 0.667. The van der Waals surface area contributed by atoms with Gasteiger partial charge in [-0.05, 0) is 38.3 Å². The lowest BCUT2D eigenvalue weighted by Crippen LogP contribution is -2.42. The number of aryl methyl sites for hydroxylation is 1. The van der Waals surface area contributed by atoms with E-state index in [1.54, 1.807) is 20.1 Å². The van der Waals surface area contributed by atoms with E-state index in [0.717, 1.165) is 39.1 Å². The molecule has 1 fully saturated rings. The van der Waals surface area contributed by atoms with Crippen LogP contribution in [0.3, 0.4) is 0 Å². The van der Waals surface area contributed by atoms with Crippen molar-refractivity contribution in [3.8, 4) is 0 Å². The van der Waals surface area contributed by atoms with E-state index in [9.17, 15) is 4.79 Å². The Morgan fingerprint density at radius 1 is 1.55 bits per heavy atom. The lowest BCUT2D eigenvalue weighted by molar-refractivity contribution is 0.0908. The van der Waals surface area contributed by atoms with Gasteiger partial charge in [-0.25, -0.2) is 9.97 Å². The SMILES string of the molecule is COCCN1CCC[C@H](CNC(=O)c2cc(C)nc(N)n2)C1. The number of carbonyl (C=O) groups is 1. The highest BCUT2D eigenvalue weighted by molar-refractivity contribution is 5.92. The number of nitrogens with one attached hydrogen (secondary N) is 1. The predicted molar refractivity (Wildman–Crippen MR) is 84.6 cm³/mol. The molecule has 7 heteroatoms. The zero-order valence-electron chi connectivity index (χ0n) is 13.3. The van der Waals surface area contributed by atoms with Gasteiger partial charge in [0.1, 0.15) is 5.69 Å². The molecule has 1 atom stereocenters. The molecule has 1 aliphatic rings. The molecule has 0 saturated carbocycles. The normalized spacial score (nSPS) is 19.1. The van der Waals surface area contributed by atoms with Crippen molar-refractivity contribution < 1.29 is 9.53 Å². The van der Waals surface area contributed by atoms with Gasteiger partial charge in [0.2, 0.25) is 5.95 Å². The van der Waals surface area contributed by atoms with Gasteiger partial charge >= 0.3 is 0 Å². The van der Waals surface area contributed by atoms with E-state index in [1.165, 1.54) is 0 Å². The van der Waals surface area contributed by atoms with Gasteiger partial charge in [0.15, 0.2) is 0 Å². The van der Waals surface area contributed by atoms with Crippen molar-refractivity contribution in [2.75, 3.05) is 45.6 Å². The van der Waals surface area contributed by atoms with Gasteiger partial charge < -0.3 is 20.7 Å². The first-order valence-electron chi connectivity index (χ1n) is 7.69. The molecule has 1 amide bonds. The molecule has 0 spiro atoms. The van der Waals surface area contributed by atoms with Crippen LogP contribution < -0.4 is 11.1 Å². The summed E-state index contributed by atoms with van der Waals surface area (Å²) in [5.74, 6) is 0.412. The number of ether oxygens (including phenoxy) is 1. The zero-order chi connectivity index (χ0) is 15.9. The number of nitrogens with zero attached hydrogens (tertiary/aromatic N) is 3. The van der Waals surface area contributed by atoms with Gasteiger partial charge in [0.25, 0.3) is 5.91 Å². The van der Waals surface area contributed by atoms with Crippen LogP contribution in [0.5, 0.6) is 0 Å². The molecule has 2 heterocycles. The fourth-order valence-corrected chi connectivity index (χ4v) is 2.78.